The number of aryl methyl sites for hydroxylation is 1. The number of thiophene rings is 1. The zero-order valence-corrected chi connectivity index (χ0v) is 19.6. The van der Waals surface area contributed by atoms with Crippen LogP contribution in [0.4, 0.5) is 14.5 Å². The van der Waals surface area contributed by atoms with Crippen LogP contribution in [0.1, 0.15) is 37.8 Å². The Bertz CT molecular complexity index is 1420. The number of alkyl halides is 2. The average Bonchev–Trinajstić information content (AvgIpc) is 3.40. The van der Waals surface area contributed by atoms with Crippen molar-refractivity contribution in [2.24, 2.45) is 5.73 Å². The highest BCUT2D eigenvalue weighted by Gasteiger charge is 2.24. The summed E-state index contributed by atoms with van der Waals surface area (Å²) in [4.78, 5) is 28.9. The first-order valence-electron chi connectivity index (χ1n) is 9.59. The van der Waals surface area contributed by atoms with Crippen LogP contribution in [0.2, 0.25) is 10.0 Å². The number of hydrogen-bond acceptors (Lipinski definition) is 6. The molecule has 0 aliphatic rings. The van der Waals surface area contributed by atoms with E-state index in [1.807, 2.05) is 0 Å². The lowest BCUT2D eigenvalue weighted by Crippen LogP contribution is -2.18. The maximum absolute atomic E-state index is 13.1. The second kappa shape index (κ2) is 9.53. The monoisotopic (exact) mass is 525 g/mol. The van der Waals surface area contributed by atoms with Gasteiger partial charge in [-0.05, 0) is 36.8 Å². The van der Waals surface area contributed by atoms with Crippen molar-refractivity contribution in [1.29, 1.82) is 0 Å². The summed E-state index contributed by atoms with van der Waals surface area (Å²) >= 11 is 12.9. The molecule has 4 rings (SSSR count). The van der Waals surface area contributed by atoms with Crippen LogP contribution >= 0.6 is 34.5 Å². The molecule has 3 aromatic heterocycles. The van der Waals surface area contributed by atoms with Gasteiger partial charge < -0.3 is 15.8 Å². The van der Waals surface area contributed by atoms with E-state index < -0.39 is 23.9 Å². The Labute approximate surface area is 205 Å². The van der Waals surface area contributed by atoms with Crippen LogP contribution in [0.15, 0.2) is 36.5 Å². The molecule has 0 unspecified atom stereocenters. The molecule has 3 heterocycles. The molecule has 2 amide bonds. The Balaban J connectivity index is 1.58. The molecule has 13 heteroatoms. The summed E-state index contributed by atoms with van der Waals surface area (Å²) in [5.41, 5.74) is 5.55. The zero-order chi connectivity index (χ0) is 24.6. The molecule has 4 aromatic rings. The molecule has 8 nitrogen and oxygen atoms in total. The summed E-state index contributed by atoms with van der Waals surface area (Å²) in [6.45, 7) is 1.52. The SMILES string of the molecule is Cc1cc(C(F)F)nc2sc(C(N)=O)c(NC(=O)c3ccn(COc4cccc(Cl)c4Cl)n3)c12. The Morgan fingerprint density at radius 3 is 2.76 bits per heavy atom. The lowest BCUT2D eigenvalue weighted by molar-refractivity contribution is 0.100. The Hall–Kier alpha value is -3.28. The maximum atomic E-state index is 13.1. The van der Waals surface area contributed by atoms with Gasteiger partial charge in [0.1, 0.15) is 26.2 Å². The van der Waals surface area contributed by atoms with E-state index in [1.54, 1.807) is 25.1 Å². The molecule has 0 saturated carbocycles. The fraction of sp³-hybridized carbons (Fsp3) is 0.143. The summed E-state index contributed by atoms with van der Waals surface area (Å²) in [7, 11) is 0. The summed E-state index contributed by atoms with van der Waals surface area (Å²) in [5, 5.41) is 7.70. The maximum Gasteiger partial charge on any atom is 0.280 e. The number of carbonyl (C=O) groups excluding carboxylic acids is 2. The Morgan fingerprint density at radius 2 is 2.06 bits per heavy atom. The fourth-order valence-electron chi connectivity index (χ4n) is 3.18. The molecule has 0 fully saturated rings. The van der Waals surface area contributed by atoms with Crippen molar-refractivity contribution < 1.29 is 23.1 Å². The first kappa shape index (κ1) is 23.9. The number of nitrogens with one attached hydrogen (secondary N) is 1. The third-order valence-corrected chi connectivity index (χ3v) is 6.61. The summed E-state index contributed by atoms with van der Waals surface area (Å²) in [6.07, 6.45) is -1.27. The lowest BCUT2D eigenvalue weighted by atomic mass is 10.1. The minimum atomic E-state index is -2.78. The third-order valence-electron chi connectivity index (χ3n) is 4.71. The highest BCUT2D eigenvalue weighted by atomic mass is 35.5. The number of fused-ring (bicyclic) bond motifs is 1. The van der Waals surface area contributed by atoms with E-state index in [0.29, 0.717) is 21.7 Å². The number of nitrogens with two attached hydrogens (primary N) is 1. The molecule has 0 atom stereocenters. The number of nitrogens with zero attached hydrogens (tertiary/aromatic N) is 3. The predicted molar refractivity (Wildman–Crippen MR) is 125 cm³/mol. The molecular weight excluding hydrogens is 511 g/mol. The van der Waals surface area contributed by atoms with Crippen molar-refractivity contribution in [2.75, 3.05) is 5.32 Å². The summed E-state index contributed by atoms with van der Waals surface area (Å²) in [5.74, 6) is -1.12. The molecule has 1 aromatic carbocycles. The molecule has 34 heavy (non-hydrogen) atoms. The normalized spacial score (nSPS) is 11.2. The molecule has 176 valence electrons. The van der Waals surface area contributed by atoms with Gasteiger partial charge in [-0.25, -0.2) is 18.4 Å². The van der Waals surface area contributed by atoms with E-state index in [0.717, 1.165) is 11.3 Å². The van der Waals surface area contributed by atoms with Gasteiger partial charge in [-0.3, -0.25) is 9.59 Å². The number of rotatable bonds is 7. The highest BCUT2D eigenvalue weighted by Crippen LogP contribution is 2.38. The first-order chi connectivity index (χ1) is 16.2. The second-order valence-corrected chi connectivity index (χ2v) is 8.82. The Kier molecular flexibility index (Phi) is 6.69. The van der Waals surface area contributed by atoms with Gasteiger partial charge in [0.05, 0.1) is 10.7 Å². The zero-order valence-electron chi connectivity index (χ0n) is 17.3. The van der Waals surface area contributed by atoms with Gasteiger partial charge in [0.15, 0.2) is 12.4 Å². The number of halogens is 4. The van der Waals surface area contributed by atoms with Crippen molar-refractivity contribution in [3.05, 3.63) is 68.4 Å². The van der Waals surface area contributed by atoms with Gasteiger partial charge in [-0.2, -0.15) is 5.10 Å². The highest BCUT2D eigenvalue weighted by molar-refractivity contribution is 7.21. The smallest absolute Gasteiger partial charge is 0.280 e. The van der Waals surface area contributed by atoms with Crippen molar-refractivity contribution in [3.8, 4) is 5.75 Å². The van der Waals surface area contributed by atoms with E-state index in [9.17, 15) is 18.4 Å². The van der Waals surface area contributed by atoms with E-state index in [-0.39, 0.29) is 32.8 Å². The van der Waals surface area contributed by atoms with Crippen LogP contribution in [-0.2, 0) is 6.73 Å². The van der Waals surface area contributed by atoms with Crippen LogP contribution in [-0.4, -0.2) is 26.6 Å². The van der Waals surface area contributed by atoms with Gasteiger partial charge in [0.25, 0.3) is 18.2 Å². The van der Waals surface area contributed by atoms with Crippen molar-refractivity contribution in [3.63, 3.8) is 0 Å². The lowest BCUT2D eigenvalue weighted by Gasteiger charge is -2.09. The van der Waals surface area contributed by atoms with Gasteiger partial charge >= 0.3 is 0 Å². The minimum absolute atomic E-state index is 0.0104. The number of anilines is 1. The van der Waals surface area contributed by atoms with Gasteiger partial charge in [0.2, 0.25) is 0 Å². The quantitative estimate of drug-likeness (QED) is 0.334. The van der Waals surface area contributed by atoms with Crippen LogP contribution in [0.25, 0.3) is 10.2 Å². The molecule has 0 aliphatic heterocycles. The number of benzene rings is 1. The van der Waals surface area contributed by atoms with E-state index in [2.05, 4.69) is 15.4 Å². The molecule has 3 N–H and O–H groups in total. The summed E-state index contributed by atoms with van der Waals surface area (Å²) in [6, 6.07) is 7.57. The van der Waals surface area contributed by atoms with Gasteiger partial charge in [0, 0.05) is 11.6 Å². The van der Waals surface area contributed by atoms with E-state index in [1.165, 1.54) is 23.0 Å². The van der Waals surface area contributed by atoms with E-state index in [4.69, 9.17) is 33.7 Å². The van der Waals surface area contributed by atoms with Crippen molar-refractivity contribution in [2.45, 2.75) is 20.1 Å². The number of aromatic nitrogens is 3. The fourth-order valence-corrected chi connectivity index (χ4v) is 4.59. The van der Waals surface area contributed by atoms with Gasteiger partial charge in [-0.1, -0.05) is 29.3 Å². The molecule has 0 radical (unpaired) electrons. The van der Waals surface area contributed by atoms with Crippen LogP contribution < -0.4 is 15.8 Å². The standard InChI is InChI=1S/C21H15Cl2F2N5O3S/c1-9-7-12(18(24)25)27-21-14(9)16(17(34-21)19(26)31)28-20(32)11-5-6-30(29-11)8-33-13-4-2-3-10(22)15(13)23/h2-7,18H,8H2,1H3,(H2,26,31)(H,28,32). The number of carbonyl (C=O) groups is 2. The third kappa shape index (κ3) is 4.67. The van der Waals surface area contributed by atoms with Crippen molar-refractivity contribution >= 4 is 62.3 Å². The minimum Gasteiger partial charge on any atom is -0.470 e. The summed E-state index contributed by atoms with van der Waals surface area (Å²) < 4.78 is 33.2. The second-order valence-electron chi connectivity index (χ2n) is 7.04. The topological polar surface area (TPSA) is 112 Å². The molecule has 0 saturated heterocycles. The molecule has 0 spiro atoms. The molecule has 0 aliphatic carbocycles. The Morgan fingerprint density at radius 1 is 1.29 bits per heavy atom. The number of ether oxygens (including phenoxy) is 1. The molecular formula is C21H15Cl2F2N5O3S. The number of pyridine rings is 1. The average molecular weight is 526 g/mol. The number of hydrogen-bond donors (Lipinski definition) is 2. The largest absolute Gasteiger partial charge is 0.470 e. The first-order valence-corrected chi connectivity index (χ1v) is 11.2. The van der Waals surface area contributed by atoms with Crippen LogP contribution in [0.3, 0.4) is 0 Å². The molecule has 0 bridgehead atoms. The number of primary amides is 1. The van der Waals surface area contributed by atoms with Crippen LogP contribution in [0.5, 0.6) is 5.75 Å². The number of amides is 2. The van der Waals surface area contributed by atoms with Crippen LogP contribution in [0, 0.1) is 6.92 Å². The van der Waals surface area contributed by atoms with E-state index >= 15 is 0 Å². The predicted octanol–water partition coefficient (Wildman–Crippen LogP) is 5.43. The van der Waals surface area contributed by atoms with Gasteiger partial charge in [-0.15, -0.1) is 11.3 Å². The van der Waals surface area contributed by atoms with Crippen molar-refractivity contribution in [1.82, 2.24) is 14.8 Å².